The Kier molecular flexibility index (Phi) is 4.17. The maximum Gasteiger partial charge on any atom is 0.0962 e. The van der Waals surface area contributed by atoms with Crippen molar-refractivity contribution < 1.29 is 5.11 Å². The topological polar surface area (TPSA) is 46.2 Å². The van der Waals surface area contributed by atoms with E-state index in [1.54, 1.807) is 11.8 Å². The van der Waals surface area contributed by atoms with Gasteiger partial charge in [-0.05, 0) is 31.0 Å². The minimum Gasteiger partial charge on any atom is -0.398 e. The Bertz CT molecular complexity index is 552. The van der Waals surface area contributed by atoms with Crippen molar-refractivity contribution in [3.05, 3.63) is 59.7 Å². The van der Waals surface area contributed by atoms with Crippen LogP contribution in [-0.4, -0.2) is 10.9 Å². The molecule has 2 rings (SSSR count). The van der Waals surface area contributed by atoms with E-state index in [1.807, 2.05) is 62.4 Å². The fraction of sp³-hybridized carbons (Fsp3) is 0.250. The summed E-state index contributed by atoms with van der Waals surface area (Å²) in [5.74, 6) is 0.574. The molecule has 0 aliphatic heterocycles. The molecule has 0 radical (unpaired) electrons. The lowest BCUT2D eigenvalue weighted by Gasteiger charge is -2.23. The molecule has 0 amide bonds. The van der Waals surface area contributed by atoms with Crippen LogP contribution in [0.25, 0.3) is 0 Å². The van der Waals surface area contributed by atoms with Gasteiger partial charge in [0.2, 0.25) is 0 Å². The van der Waals surface area contributed by atoms with Gasteiger partial charge in [-0.3, -0.25) is 0 Å². The van der Waals surface area contributed by atoms with Crippen LogP contribution in [0.3, 0.4) is 0 Å². The molecule has 0 fully saturated rings. The number of para-hydroxylation sites is 1. The van der Waals surface area contributed by atoms with Crippen LogP contribution in [0.4, 0.5) is 5.69 Å². The molecular weight excluding hydrogens is 254 g/mol. The highest BCUT2D eigenvalue weighted by Crippen LogP contribution is 2.33. The average Bonchev–Trinajstić information content (AvgIpc) is 2.41. The predicted octanol–water partition coefficient (Wildman–Crippen LogP) is 3.58. The van der Waals surface area contributed by atoms with Crippen molar-refractivity contribution in [3.8, 4) is 0 Å². The van der Waals surface area contributed by atoms with E-state index in [1.165, 1.54) is 0 Å². The molecule has 2 aromatic carbocycles. The molecule has 0 aliphatic carbocycles. The molecule has 100 valence electrons. The second-order valence-electron chi connectivity index (χ2n) is 4.92. The molecular formula is C16H19NOS. The van der Waals surface area contributed by atoms with Gasteiger partial charge in [0, 0.05) is 16.3 Å². The molecule has 1 atom stereocenters. The molecule has 3 N–H and O–H groups in total. The maximum absolute atomic E-state index is 10.5. The van der Waals surface area contributed by atoms with Gasteiger partial charge in [0.1, 0.15) is 0 Å². The third-order valence-electron chi connectivity index (χ3n) is 3.19. The highest BCUT2D eigenvalue weighted by molar-refractivity contribution is 7.99. The number of hydrogen-bond donors (Lipinski definition) is 2. The summed E-state index contributed by atoms with van der Waals surface area (Å²) in [5, 5.41) is 10.5. The number of rotatable bonds is 4. The van der Waals surface area contributed by atoms with Gasteiger partial charge in [-0.1, -0.05) is 42.5 Å². The van der Waals surface area contributed by atoms with Gasteiger partial charge in [-0.15, -0.1) is 11.8 Å². The molecule has 0 saturated carbocycles. The van der Waals surface area contributed by atoms with E-state index in [0.717, 1.165) is 21.7 Å². The third-order valence-corrected chi connectivity index (χ3v) is 4.56. The molecule has 19 heavy (non-hydrogen) atoms. The average molecular weight is 273 g/mol. The summed E-state index contributed by atoms with van der Waals surface area (Å²) in [6.45, 7) is 3.83. The van der Waals surface area contributed by atoms with E-state index in [9.17, 15) is 5.11 Å². The van der Waals surface area contributed by atoms with Gasteiger partial charge in [-0.25, -0.2) is 0 Å². The van der Waals surface area contributed by atoms with E-state index in [-0.39, 0.29) is 0 Å². The number of aryl methyl sites for hydroxylation is 1. The van der Waals surface area contributed by atoms with Crippen molar-refractivity contribution in [1.29, 1.82) is 0 Å². The lowest BCUT2D eigenvalue weighted by molar-refractivity contribution is 0.0839. The molecule has 2 aromatic rings. The van der Waals surface area contributed by atoms with Crippen LogP contribution in [0.1, 0.15) is 18.1 Å². The van der Waals surface area contributed by atoms with E-state index in [2.05, 4.69) is 0 Å². The lowest BCUT2D eigenvalue weighted by Crippen LogP contribution is -2.24. The fourth-order valence-corrected chi connectivity index (χ4v) is 2.97. The van der Waals surface area contributed by atoms with Crippen LogP contribution in [-0.2, 0) is 5.60 Å². The number of nitrogen functional groups attached to an aromatic ring is 1. The highest BCUT2D eigenvalue weighted by Gasteiger charge is 2.23. The van der Waals surface area contributed by atoms with Gasteiger partial charge in [-0.2, -0.15) is 0 Å². The van der Waals surface area contributed by atoms with Crippen molar-refractivity contribution in [2.45, 2.75) is 24.3 Å². The van der Waals surface area contributed by atoms with Crippen molar-refractivity contribution in [3.63, 3.8) is 0 Å². The Balaban J connectivity index is 2.12. The van der Waals surface area contributed by atoms with Gasteiger partial charge in [0.25, 0.3) is 0 Å². The first-order valence-electron chi connectivity index (χ1n) is 6.26. The van der Waals surface area contributed by atoms with Gasteiger partial charge in [0.15, 0.2) is 0 Å². The monoisotopic (exact) mass is 273 g/mol. The largest absolute Gasteiger partial charge is 0.398 e. The zero-order chi connectivity index (χ0) is 13.9. The van der Waals surface area contributed by atoms with Crippen molar-refractivity contribution >= 4 is 17.4 Å². The van der Waals surface area contributed by atoms with Crippen molar-refractivity contribution in [1.82, 2.24) is 0 Å². The summed E-state index contributed by atoms with van der Waals surface area (Å²) in [5.41, 5.74) is 7.99. The van der Waals surface area contributed by atoms with Gasteiger partial charge < -0.3 is 10.8 Å². The molecule has 2 nitrogen and oxygen atoms in total. The summed E-state index contributed by atoms with van der Waals surface area (Å²) < 4.78 is 0. The second-order valence-corrected chi connectivity index (χ2v) is 5.93. The summed E-state index contributed by atoms with van der Waals surface area (Å²) in [6.07, 6.45) is 0. The first-order valence-corrected chi connectivity index (χ1v) is 7.25. The SMILES string of the molecule is Cc1cccc(SCC(C)(O)c2ccccc2)c1N. The van der Waals surface area contributed by atoms with E-state index >= 15 is 0 Å². The second kappa shape index (κ2) is 5.68. The zero-order valence-electron chi connectivity index (χ0n) is 11.3. The molecule has 0 bridgehead atoms. The van der Waals surface area contributed by atoms with Crippen LogP contribution in [0.5, 0.6) is 0 Å². The Morgan fingerprint density at radius 1 is 1.11 bits per heavy atom. The summed E-state index contributed by atoms with van der Waals surface area (Å²) in [6, 6.07) is 15.7. The molecule has 0 heterocycles. The normalized spacial score (nSPS) is 14.1. The summed E-state index contributed by atoms with van der Waals surface area (Å²) >= 11 is 1.59. The van der Waals surface area contributed by atoms with Gasteiger partial charge >= 0.3 is 0 Å². The van der Waals surface area contributed by atoms with Crippen LogP contribution in [0.2, 0.25) is 0 Å². The van der Waals surface area contributed by atoms with Crippen molar-refractivity contribution in [2.24, 2.45) is 0 Å². The molecule has 3 heteroatoms. The molecule has 0 aliphatic rings. The van der Waals surface area contributed by atoms with Crippen LogP contribution < -0.4 is 5.73 Å². The Hall–Kier alpha value is -1.45. The number of anilines is 1. The zero-order valence-corrected chi connectivity index (χ0v) is 12.1. The number of nitrogens with two attached hydrogens (primary N) is 1. The Labute approximate surface area is 118 Å². The molecule has 0 saturated heterocycles. The fourth-order valence-electron chi connectivity index (χ4n) is 1.88. The minimum atomic E-state index is -0.859. The number of thioether (sulfide) groups is 1. The number of benzene rings is 2. The maximum atomic E-state index is 10.5. The smallest absolute Gasteiger partial charge is 0.0962 e. The highest BCUT2D eigenvalue weighted by atomic mass is 32.2. The van der Waals surface area contributed by atoms with Gasteiger partial charge in [0.05, 0.1) is 5.60 Å². The third kappa shape index (κ3) is 3.31. The van der Waals surface area contributed by atoms with Crippen LogP contribution in [0.15, 0.2) is 53.4 Å². The lowest BCUT2D eigenvalue weighted by atomic mass is 9.99. The molecule has 0 aromatic heterocycles. The Morgan fingerprint density at radius 2 is 1.79 bits per heavy atom. The first-order chi connectivity index (χ1) is 9.00. The minimum absolute atomic E-state index is 0.574. The summed E-state index contributed by atoms with van der Waals surface area (Å²) in [4.78, 5) is 1.02. The van der Waals surface area contributed by atoms with Crippen molar-refractivity contribution in [2.75, 3.05) is 11.5 Å². The predicted molar refractivity (Wildman–Crippen MR) is 82.3 cm³/mol. The van der Waals surface area contributed by atoms with E-state index < -0.39 is 5.60 Å². The molecule has 0 spiro atoms. The van der Waals surface area contributed by atoms with E-state index in [0.29, 0.717) is 5.75 Å². The number of aliphatic hydroxyl groups is 1. The quantitative estimate of drug-likeness (QED) is 0.661. The number of hydrogen-bond acceptors (Lipinski definition) is 3. The van der Waals surface area contributed by atoms with E-state index in [4.69, 9.17) is 5.73 Å². The van der Waals surface area contributed by atoms with Crippen LogP contribution in [0, 0.1) is 6.92 Å². The van der Waals surface area contributed by atoms with Crippen LogP contribution >= 0.6 is 11.8 Å². The standard InChI is InChI=1S/C16H19NOS/c1-12-7-6-10-14(15(12)17)19-11-16(2,18)13-8-4-3-5-9-13/h3-10,18H,11,17H2,1-2H3. The molecule has 1 unspecified atom stereocenters. The first kappa shape index (κ1) is 14.0. The summed E-state index contributed by atoms with van der Waals surface area (Å²) in [7, 11) is 0. The Morgan fingerprint density at radius 3 is 2.47 bits per heavy atom.